The van der Waals surface area contributed by atoms with Gasteiger partial charge in [-0.3, -0.25) is 0 Å². The lowest BCUT2D eigenvalue weighted by Crippen LogP contribution is -2.32. The second kappa shape index (κ2) is 17.9. The van der Waals surface area contributed by atoms with Crippen molar-refractivity contribution in [3.63, 3.8) is 0 Å². The zero-order valence-corrected chi connectivity index (χ0v) is 14.2. The Morgan fingerprint density at radius 3 is 1.67 bits per heavy atom. The Morgan fingerprint density at radius 2 is 1.19 bits per heavy atom. The summed E-state index contributed by atoms with van der Waals surface area (Å²) >= 11 is 0. The van der Waals surface area contributed by atoms with Gasteiger partial charge in [-0.1, -0.05) is 26.7 Å². The molecule has 0 radical (unpaired) electrons. The molecule has 0 bridgehead atoms. The van der Waals surface area contributed by atoms with E-state index in [4.69, 9.17) is 18.9 Å². The average Bonchev–Trinajstić information content (AvgIpc) is 2.48. The number of nitrogens with one attached hydrogen (secondary N) is 1. The Hall–Kier alpha value is -0.200. The van der Waals surface area contributed by atoms with Crippen molar-refractivity contribution in [2.45, 2.75) is 45.6 Å². The SMILES string of the molecule is CCCC(CCC)NCCOCCOCCOCCOC. The van der Waals surface area contributed by atoms with Crippen LogP contribution in [0.2, 0.25) is 0 Å². The van der Waals surface area contributed by atoms with Gasteiger partial charge in [0.1, 0.15) is 0 Å². The van der Waals surface area contributed by atoms with Crippen LogP contribution in [-0.4, -0.2) is 65.9 Å². The summed E-state index contributed by atoms with van der Waals surface area (Å²) in [6, 6.07) is 0.643. The van der Waals surface area contributed by atoms with Crippen LogP contribution >= 0.6 is 0 Å². The van der Waals surface area contributed by atoms with E-state index in [-0.39, 0.29) is 0 Å². The van der Waals surface area contributed by atoms with Crippen molar-refractivity contribution in [3.8, 4) is 0 Å². The minimum absolute atomic E-state index is 0.612. The highest BCUT2D eigenvalue weighted by atomic mass is 16.6. The van der Waals surface area contributed by atoms with Gasteiger partial charge in [0.05, 0.1) is 46.2 Å². The van der Waals surface area contributed by atoms with E-state index in [0.717, 1.165) is 13.2 Å². The maximum atomic E-state index is 5.54. The lowest BCUT2D eigenvalue weighted by atomic mass is 10.1. The average molecular weight is 305 g/mol. The molecule has 0 fully saturated rings. The molecule has 0 aliphatic heterocycles. The summed E-state index contributed by atoms with van der Waals surface area (Å²) in [5.41, 5.74) is 0. The number of rotatable bonds is 17. The molecule has 0 aliphatic carbocycles. The van der Waals surface area contributed by atoms with Gasteiger partial charge in [-0.05, 0) is 12.8 Å². The van der Waals surface area contributed by atoms with Crippen molar-refractivity contribution in [1.82, 2.24) is 5.32 Å². The van der Waals surface area contributed by atoms with Gasteiger partial charge >= 0.3 is 0 Å². The van der Waals surface area contributed by atoms with E-state index >= 15 is 0 Å². The van der Waals surface area contributed by atoms with Crippen molar-refractivity contribution in [3.05, 3.63) is 0 Å². The molecule has 5 heteroatoms. The quantitative estimate of drug-likeness (QED) is 0.418. The largest absolute Gasteiger partial charge is 0.382 e. The maximum absolute atomic E-state index is 5.54. The van der Waals surface area contributed by atoms with Crippen LogP contribution in [0.4, 0.5) is 0 Å². The molecule has 0 atom stereocenters. The molecule has 0 aromatic rings. The second-order valence-electron chi connectivity index (χ2n) is 5.06. The smallest absolute Gasteiger partial charge is 0.0701 e. The predicted molar refractivity (Wildman–Crippen MR) is 85.9 cm³/mol. The molecule has 0 heterocycles. The fourth-order valence-electron chi connectivity index (χ4n) is 2.06. The highest BCUT2D eigenvalue weighted by Gasteiger charge is 2.04. The minimum Gasteiger partial charge on any atom is -0.382 e. The fourth-order valence-corrected chi connectivity index (χ4v) is 2.06. The first kappa shape index (κ1) is 20.8. The molecule has 0 rings (SSSR count). The van der Waals surface area contributed by atoms with Gasteiger partial charge in [-0.25, -0.2) is 0 Å². The Balaban J connectivity index is 3.17. The summed E-state index contributed by atoms with van der Waals surface area (Å²) in [6.45, 7) is 9.89. The Morgan fingerprint density at radius 1 is 0.714 bits per heavy atom. The van der Waals surface area contributed by atoms with E-state index in [1.54, 1.807) is 7.11 Å². The van der Waals surface area contributed by atoms with Gasteiger partial charge in [0, 0.05) is 19.7 Å². The number of ether oxygens (including phenoxy) is 4. The van der Waals surface area contributed by atoms with Gasteiger partial charge in [0.2, 0.25) is 0 Å². The third-order valence-electron chi connectivity index (χ3n) is 3.13. The molecule has 0 aliphatic rings. The molecule has 128 valence electrons. The van der Waals surface area contributed by atoms with E-state index in [1.807, 2.05) is 0 Å². The molecule has 21 heavy (non-hydrogen) atoms. The maximum Gasteiger partial charge on any atom is 0.0701 e. The molecule has 0 saturated carbocycles. The molecule has 0 spiro atoms. The van der Waals surface area contributed by atoms with Crippen LogP contribution in [0.1, 0.15) is 39.5 Å². The number of methoxy groups -OCH3 is 1. The van der Waals surface area contributed by atoms with Crippen molar-refractivity contribution >= 4 is 0 Å². The first-order valence-electron chi connectivity index (χ1n) is 8.30. The van der Waals surface area contributed by atoms with Crippen LogP contribution in [0, 0.1) is 0 Å². The summed E-state index contributed by atoms with van der Waals surface area (Å²) in [6.07, 6.45) is 4.97. The normalized spacial score (nSPS) is 11.4. The molecule has 1 N–H and O–H groups in total. The minimum atomic E-state index is 0.612. The van der Waals surface area contributed by atoms with Crippen LogP contribution < -0.4 is 5.32 Å². The summed E-state index contributed by atoms with van der Waals surface area (Å²) in [4.78, 5) is 0. The molecular formula is C16H35NO4. The fraction of sp³-hybridized carbons (Fsp3) is 1.00. The Kier molecular flexibility index (Phi) is 17.7. The highest BCUT2D eigenvalue weighted by Crippen LogP contribution is 2.03. The van der Waals surface area contributed by atoms with E-state index in [9.17, 15) is 0 Å². The van der Waals surface area contributed by atoms with Crippen molar-refractivity contribution in [2.24, 2.45) is 0 Å². The van der Waals surface area contributed by atoms with Gasteiger partial charge in [-0.2, -0.15) is 0 Å². The van der Waals surface area contributed by atoms with E-state index in [0.29, 0.717) is 45.7 Å². The molecule has 0 unspecified atom stereocenters. The van der Waals surface area contributed by atoms with Crippen LogP contribution in [-0.2, 0) is 18.9 Å². The molecule has 0 aromatic heterocycles. The van der Waals surface area contributed by atoms with Crippen LogP contribution in [0.25, 0.3) is 0 Å². The Bertz CT molecular complexity index is 187. The summed E-state index contributed by atoms with van der Waals surface area (Å²) in [5.74, 6) is 0. The summed E-state index contributed by atoms with van der Waals surface area (Å²) in [5, 5.41) is 3.55. The topological polar surface area (TPSA) is 49.0 Å². The third-order valence-corrected chi connectivity index (χ3v) is 3.13. The first-order chi connectivity index (χ1) is 10.3. The highest BCUT2D eigenvalue weighted by molar-refractivity contribution is 4.65. The summed E-state index contributed by atoms with van der Waals surface area (Å²) in [7, 11) is 1.67. The molecule has 0 saturated heterocycles. The number of hydrogen-bond donors (Lipinski definition) is 1. The zero-order valence-electron chi connectivity index (χ0n) is 14.2. The zero-order chi connectivity index (χ0) is 15.6. The predicted octanol–water partition coefficient (Wildman–Crippen LogP) is 2.24. The standard InChI is InChI=1S/C16H35NO4/c1-4-6-16(7-5-2)17-8-9-19-12-13-21-15-14-20-11-10-18-3/h16-17H,4-15H2,1-3H3. The van der Waals surface area contributed by atoms with Gasteiger partial charge in [0.15, 0.2) is 0 Å². The lowest BCUT2D eigenvalue weighted by molar-refractivity contribution is 0.00389. The summed E-state index contributed by atoms with van der Waals surface area (Å²) < 4.78 is 21.1. The molecular weight excluding hydrogens is 270 g/mol. The van der Waals surface area contributed by atoms with Crippen LogP contribution in [0.3, 0.4) is 0 Å². The first-order valence-corrected chi connectivity index (χ1v) is 8.30. The molecule has 5 nitrogen and oxygen atoms in total. The van der Waals surface area contributed by atoms with Crippen molar-refractivity contribution < 1.29 is 18.9 Å². The monoisotopic (exact) mass is 305 g/mol. The second-order valence-corrected chi connectivity index (χ2v) is 5.06. The lowest BCUT2D eigenvalue weighted by Gasteiger charge is -2.17. The van der Waals surface area contributed by atoms with E-state index in [2.05, 4.69) is 19.2 Å². The van der Waals surface area contributed by atoms with Crippen molar-refractivity contribution in [2.75, 3.05) is 59.9 Å². The Labute approximate surface area is 130 Å². The van der Waals surface area contributed by atoms with Gasteiger partial charge in [0.25, 0.3) is 0 Å². The number of hydrogen-bond acceptors (Lipinski definition) is 5. The third kappa shape index (κ3) is 16.0. The van der Waals surface area contributed by atoms with E-state index < -0.39 is 0 Å². The van der Waals surface area contributed by atoms with Gasteiger partial charge in [-0.15, -0.1) is 0 Å². The van der Waals surface area contributed by atoms with Crippen LogP contribution in [0.5, 0.6) is 0 Å². The van der Waals surface area contributed by atoms with E-state index in [1.165, 1.54) is 25.7 Å². The van der Waals surface area contributed by atoms with Gasteiger partial charge < -0.3 is 24.3 Å². The van der Waals surface area contributed by atoms with Crippen LogP contribution in [0.15, 0.2) is 0 Å². The molecule has 0 aromatic carbocycles. The van der Waals surface area contributed by atoms with Crippen molar-refractivity contribution in [1.29, 1.82) is 0 Å². The molecule has 0 amide bonds.